The van der Waals surface area contributed by atoms with Crippen LogP contribution in [0.3, 0.4) is 0 Å². The predicted molar refractivity (Wildman–Crippen MR) is 109 cm³/mol. The third-order valence-electron chi connectivity index (χ3n) is 5.49. The molecule has 154 valence electrons. The van der Waals surface area contributed by atoms with Gasteiger partial charge in [0.05, 0.1) is 18.7 Å². The van der Waals surface area contributed by atoms with Gasteiger partial charge in [0, 0.05) is 32.8 Å². The van der Waals surface area contributed by atoms with Crippen LogP contribution in [0.1, 0.15) is 44.2 Å². The molecule has 0 aliphatic carbocycles. The number of nitrogens with zero attached hydrogens (tertiary/aromatic N) is 2. The van der Waals surface area contributed by atoms with Gasteiger partial charge < -0.3 is 15.0 Å². The van der Waals surface area contributed by atoms with Crippen LogP contribution < -0.4 is 5.32 Å². The summed E-state index contributed by atoms with van der Waals surface area (Å²) in [4.78, 5) is 29.6. The Labute approximate surface area is 168 Å². The van der Waals surface area contributed by atoms with Crippen molar-refractivity contribution in [2.75, 3.05) is 32.8 Å². The maximum absolute atomic E-state index is 13.1. The molecule has 2 aliphatic rings. The highest BCUT2D eigenvalue weighted by Gasteiger charge is 2.35. The van der Waals surface area contributed by atoms with E-state index in [-0.39, 0.29) is 30.5 Å². The molecule has 1 fully saturated rings. The van der Waals surface area contributed by atoms with Crippen LogP contribution in [-0.2, 0) is 27.3 Å². The Morgan fingerprint density at radius 3 is 2.61 bits per heavy atom. The van der Waals surface area contributed by atoms with Crippen molar-refractivity contribution in [3.8, 4) is 0 Å². The highest BCUT2D eigenvalue weighted by Crippen LogP contribution is 2.25. The molecule has 0 spiro atoms. The molecule has 2 heterocycles. The number of carbonyl (C=O) groups is 2. The van der Waals surface area contributed by atoms with Crippen LogP contribution in [0.2, 0.25) is 0 Å². The molecule has 0 radical (unpaired) electrons. The maximum Gasteiger partial charge on any atom is 0.240 e. The second kappa shape index (κ2) is 10.0. The summed E-state index contributed by atoms with van der Waals surface area (Å²) in [7, 11) is 0. The molecule has 0 aromatic heterocycles. The Balaban J connectivity index is 1.59. The van der Waals surface area contributed by atoms with E-state index in [4.69, 9.17) is 4.74 Å². The molecule has 0 bridgehead atoms. The van der Waals surface area contributed by atoms with Crippen LogP contribution in [0, 0.1) is 0 Å². The van der Waals surface area contributed by atoms with Gasteiger partial charge in [-0.15, -0.1) is 0 Å². The highest BCUT2D eigenvalue weighted by molar-refractivity contribution is 5.84. The molecule has 28 heavy (non-hydrogen) atoms. The van der Waals surface area contributed by atoms with E-state index in [2.05, 4.69) is 17.4 Å². The Kier molecular flexibility index (Phi) is 7.45. The molecule has 1 saturated heterocycles. The van der Waals surface area contributed by atoms with Gasteiger partial charge in [0.2, 0.25) is 11.8 Å². The minimum absolute atomic E-state index is 0.0249. The van der Waals surface area contributed by atoms with Gasteiger partial charge >= 0.3 is 0 Å². The van der Waals surface area contributed by atoms with Crippen LogP contribution in [0.4, 0.5) is 0 Å². The average molecular weight is 388 g/mol. The lowest BCUT2D eigenvalue weighted by atomic mass is 9.93. The topological polar surface area (TPSA) is 61.9 Å². The van der Waals surface area contributed by atoms with Crippen molar-refractivity contribution in [3.05, 3.63) is 35.4 Å². The van der Waals surface area contributed by atoms with Gasteiger partial charge in [-0.1, -0.05) is 24.3 Å². The Hall–Kier alpha value is -1.92. The average Bonchev–Trinajstić information content (AvgIpc) is 3.21. The van der Waals surface area contributed by atoms with Crippen LogP contribution in [0.15, 0.2) is 24.3 Å². The lowest BCUT2D eigenvalue weighted by molar-refractivity contribution is -0.137. The van der Waals surface area contributed by atoms with E-state index in [0.29, 0.717) is 26.1 Å². The highest BCUT2D eigenvalue weighted by atomic mass is 16.5. The van der Waals surface area contributed by atoms with Gasteiger partial charge in [-0.2, -0.15) is 0 Å². The van der Waals surface area contributed by atoms with E-state index in [0.717, 1.165) is 32.4 Å². The summed E-state index contributed by atoms with van der Waals surface area (Å²) in [6.07, 6.45) is 3.84. The first-order valence-corrected chi connectivity index (χ1v) is 10.5. The number of ether oxygens (including phenoxy) is 1. The summed E-state index contributed by atoms with van der Waals surface area (Å²) < 4.78 is 5.51. The fourth-order valence-corrected chi connectivity index (χ4v) is 3.99. The van der Waals surface area contributed by atoms with Crippen LogP contribution in [0.25, 0.3) is 0 Å². The van der Waals surface area contributed by atoms with E-state index >= 15 is 0 Å². The molecule has 0 saturated carbocycles. The van der Waals surface area contributed by atoms with Crippen molar-refractivity contribution in [3.63, 3.8) is 0 Å². The predicted octanol–water partition coefficient (Wildman–Crippen LogP) is 1.97. The Morgan fingerprint density at radius 2 is 1.89 bits per heavy atom. The summed E-state index contributed by atoms with van der Waals surface area (Å²) in [5.74, 6) is 0.147. The maximum atomic E-state index is 13.1. The summed E-state index contributed by atoms with van der Waals surface area (Å²) in [5.41, 5.74) is 2.44. The summed E-state index contributed by atoms with van der Waals surface area (Å²) in [6, 6.07) is 8.00. The Morgan fingerprint density at radius 1 is 1.18 bits per heavy atom. The molecule has 0 unspecified atom stereocenters. The van der Waals surface area contributed by atoms with E-state index in [9.17, 15) is 9.59 Å². The molecule has 2 aliphatic heterocycles. The third kappa shape index (κ3) is 5.55. The number of benzene rings is 1. The van der Waals surface area contributed by atoms with E-state index < -0.39 is 0 Å². The summed E-state index contributed by atoms with van der Waals surface area (Å²) in [6.45, 7) is 7.83. The molecule has 1 aromatic carbocycles. The van der Waals surface area contributed by atoms with Crippen molar-refractivity contribution < 1.29 is 14.3 Å². The minimum atomic E-state index is -0.247. The molecule has 2 amide bonds. The van der Waals surface area contributed by atoms with Crippen molar-refractivity contribution in [2.24, 2.45) is 0 Å². The first-order chi connectivity index (χ1) is 13.5. The Bertz CT molecular complexity index is 671. The fourth-order valence-electron chi connectivity index (χ4n) is 3.99. The first kappa shape index (κ1) is 20.8. The van der Waals surface area contributed by atoms with Gasteiger partial charge in [-0.05, 0) is 50.7 Å². The van der Waals surface area contributed by atoms with Crippen molar-refractivity contribution >= 4 is 11.8 Å². The quantitative estimate of drug-likeness (QED) is 0.693. The second-order valence-corrected chi connectivity index (χ2v) is 8.05. The SMILES string of the molecule is CC(C)OCCCNC(=O)CN1Cc2ccccc2C[C@H]1C(=O)N1CCCC1. The van der Waals surface area contributed by atoms with Crippen LogP contribution in [-0.4, -0.2) is 66.5 Å². The van der Waals surface area contributed by atoms with Gasteiger partial charge in [0.25, 0.3) is 0 Å². The first-order valence-electron chi connectivity index (χ1n) is 10.5. The molecule has 3 rings (SSSR count). The van der Waals surface area contributed by atoms with E-state index in [1.807, 2.05) is 35.8 Å². The van der Waals surface area contributed by atoms with Gasteiger partial charge in [-0.25, -0.2) is 0 Å². The smallest absolute Gasteiger partial charge is 0.240 e. The molecule has 6 nitrogen and oxygen atoms in total. The largest absolute Gasteiger partial charge is 0.379 e. The number of hydrogen-bond acceptors (Lipinski definition) is 4. The van der Waals surface area contributed by atoms with E-state index in [1.54, 1.807) is 0 Å². The lowest BCUT2D eigenvalue weighted by Crippen LogP contribution is -2.53. The fraction of sp³-hybridized carbons (Fsp3) is 0.636. The van der Waals surface area contributed by atoms with Gasteiger partial charge in [-0.3, -0.25) is 14.5 Å². The number of rotatable bonds is 8. The van der Waals surface area contributed by atoms with Gasteiger partial charge in [0.1, 0.15) is 0 Å². The van der Waals surface area contributed by atoms with Crippen LogP contribution in [0.5, 0.6) is 0 Å². The van der Waals surface area contributed by atoms with E-state index in [1.165, 1.54) is 11.1 Å². The monoisotopic (exact) mass is 387 g/mol. The standard InChI is InChI=1S/C22H33N3O3/c1-17(2)28-13-7-10-23-21(26)16-25-15-19-9-4-3-8-18(19)14-20(25)22(27)24-11-5-6-12-24/h3-4,8-9,17,20H,5-7,10-16H2,1-2H3,(H,23,26)/t20-/m0/s1. The molecule has 1 atom stereocenters. The number of amides is 2. The second-order valence-electron chi connectivity index (χ2n) is 8.05. The zero-order chi connectivity index (χ0) is 19.9. The molecule has 1 aromatic rings. The lowest BCUT2D eigenvalue weighted by Gasteiger charge is -2.37. The minimum Gasteiger partial charge on any atom is -0.379 e. The number of hydrogen-bond donors (Lipinski definition) is 1. The summed E-state index contributed by atoms with van der Waals surface area (Å²) >= 11 is 0. The molecule has 1 N–H and O–H groups in total. The number of carbonyl (C=O) groups excluding carboxylic acids is 2. The number of nitrogens with one attached hydrogen (secondary N) is 1. The number of likely N-dealkylation sites (tertiary alicyclic amines) is 1. The molecular weight excluding hydrogens is 354 g/mol. The summed E-state index contributed by atoms with van der Waals surface area (Å²) in [5, 5.41) is 2.97. The molecular formula is C22H33N3O3. The zero-order valence-electron chi connectivity index (χ0n) is 17.2. The molecule has 6 heteroatoms. The van der Waals surface area contributed by atoms with Crippen molar-refractivity contribution in [1.82, 2.24) is 15.1 Å². The van der Waals surface area contributed by atoms with Gasteiger partial charge in [0.15, 0.2) is 0 Å². The third-order valence-corrected chi connectivity index (χ3v) is 5.49. The van der Waals surface area contributed by atoms with Crippen molar-refractivity contribution in [2.45, 2.75) is 58.2 Å². The van der Waals surface area contributed by atoms with Crippen molar-refractivity contribution in [1.29, 1.82) is 0 Å². The number of fused-ring (bicyclic) bond motifs is 1. The zero-order valence-corrected chi connectivity index (χ0v) is 17.2. The van der Waals surface area contributed by atoms with Crippen LogP contribution >= 0.6 is 0 Å². The normalized spacial score (nSPS) is 19.7.